The Morgan fingerprint density at radius 1 is 0.640 bits per heavy atom. The van der Waals surface area contributed by atoms with E-state index in [-0.39, 0.29) is 0 Å². The maximum atomic E-state index is 5.80. The van der Waals surface area contributed by atoms with Gasteiger partial charge in [0.2, 0.25) is 0 Å². The van der Waals surface area contributed by atoms with Crippen molar-refractivity contribution in [1.82, 2.24) is 39.0 Å². The zero-order chi connectivity index (χ0) is 17.2. The predicted molar refractivity (Wildman–Crippen MR) is 93.3 cm³/mol. The Balaban J connectivity index is 1.33. The average molecular weight is 338 g/mol. The molecule has 0 aromatic carbocycles. The monoisotopic (exact) mass is 338 g/mol. The van der Waals surface area contributed by atoms with Gasteiger partial charge in [-0.1, -0.05) is 0 Å². The maximum absolute atomic E-state index is 5.80. The summed E-state index contributed by atoms with van der Waals surface area (Å²) in [6.07, 6.45) is 9.54. The molecule has 0 saturated heterocycles. The second kappa shape index (κ2) is 6.30. The minimum Gasteiger partial charge on any atom is -0.382 e. The third-order valence-electron chi connectivity index (χ3n) is 4.16. The molecule has 0 amide bonds. The van der Waals surface area contributed by atoms with Crippen molar-refractivity contribution >= 4 is 34.0 Å². The van der Waals surface area contributed by atoms with Crippen LogP contribution in [0.15, 0.2) is 25.3 Å². The van der Waals surface area contributed by atoms with E-state index in [9.17, 15) is 0 Å². The summed E-state index contributed by atoms with van der Waals surface area (Å²) < 4.78 is 4.02. The standard InChI is InChI=1S/C15H18N10/c16-12-10-14(20-6-18-12)24(8-22-10)4-2-1-3-5-25-9-23-11-13(17)19-7-21-15(11)25/h6-9H,1-5H2,(H2,16,18,20)(H2,17,19,21). The topological polar surface area (TPSA) is 139 Å². The first-order valence-electron chi connectivity index (χ1n) is 8.06. The minimum absolute atomic E-state index is 0.414. The van der Waals surface area contributed by atoms with Gasteiger partial charge in [0.05, 0.1) is 12.7 Å². The van der Waals surface area contributed by atoms with Crippen LogP contribution >= 0.6 is 0 Å². The summed E-state index contributed by atoms with van der Waals surface area (Å²) in [4.78, 5) is 25.0. The first-order chi connectivity index (χ1) is 12.2. The summed E-state index contributed by atoms with van der Waals surface area (Å²) in [6, 6.07) is 0. The van der Waals surface area contributed by atoms with Gasteiger partial charge in [-0.15, -0.1) is 0 Å². The summed E-state index contributed by atoms with van der Waals surface area (Å²) >= 11 is 0. The molecule has 10 nitrogen and oxygen atoms in total. The molecular weight excluding hydrogens is 320 g/mol. The van der Waals surface area contributed by atoms with Crippen molar-refractivity contribution < 1.29 is 0 Å². The molecule has 0 saturated carbocycles. The Bertz CT molecular complexity index is 936. The van der Waals surface area contributed by atoms with Crippen LogP contribution in [-0.4, -0.2) is 39.0 Å². The highest BCUT2D eigenvalue weighted by molar-refractivity contribution is 5.81. The Hall–Kier alpha value is -3.30. The minimum atomic E-state index is 0.414. The third-order valence-corrected chi connectivity index (χ3v) is 4.16. The number of hydrogen-bond acceptors (Lipinski definition) is 8. The van der Waals surface area contributed by atoms with Crippen LogP contribution in [-0.2, 0) is 13.1 Å². The Kier molecular flexibility index (Phi) is 3.84. The number of aromatic nitrogens is 8. The van der Waals surface area contributed by atoms with Crippen LogP contribution < -0.4 is 11.5 Å². The molecule has 0 atom stereocenters. The van der Waals surface area contributed by atoms with E-state index in [0.29, 0.717) is 22.7 Å². The van der Waals surface area contributed by atoms with Gasteiger partial charge in [-0.3, -0.25) is 0 Å². The van der Waals surface area contributed by atoms with Gasteiger partial charge in [-0.25, -0.2) is 29.9 Å². The SMILES string of the molecule is Nc1ncnc2c1ncn2CCCCCn1cnc2c(N)ncnc21. The number of unbranched alkanes of at least 4 members (excludes halogenated alkanes) is 2. The smallest absolute Gasteiger partial charge is 0.165 e. The van der Waals surface area contributed by atoms with Crippen LogP contribution in [0.25, 0.3) is 22.3 Å². The quantitative estimate of drug-likeness (QED) is 0.496. The van der Waals surface area contributed by atoms with Crippen molar-refractivity contribution in [3.63, 3.8) is 0 Å². The molecule has 4 rings (SSSR count). The fourth-order valence-corrected chi connectivity index (χ4v) is 2.87. The van der Waals surface area contributed by atoms with Crippen molar-refractivity contribution in [3.8, 4) is 0 Å². The Morgan fingerprint density at radius 2 is 1.12 bits per heavy atom. The molecule has 0 radical (unpaired) electrons. The van der Waals surface area contributed by atoms with Crippen molar-refractivity contribution in [1.29, 1.82) is 0 Å². The van der Waals surface area contributed by atoms with Crippen LogP contribution in [0.5, 0.6) is 0 Å². The van der Waals surface area contributed by atoms with E-state index < -0.39 is 0 Å². The van der Waals surface area contributed by atoms with E-state index in [4.69, 9.17) is 11.5 Å². The van der Waals surface area contributed by atoms with Gasteiger partial charge in [0.25, 0.3) is 0 Å². The molecular formula is C15H18N10. The number of aryl methyl sites for hydroxylation is 2. The maximum Gasteiger partial charge on any atom is 0.165 e. The number of nitrogens with zero attached hydrogens (tertiary/aromatic N) is 8. The molecule has 10 heteroatoms. The summed E-state index contributed by atoms with van der Waals surface area (Å²) in [7, 11) is 0. The molecule has 4 N–H and O–H groups in total. The summed E-state index contributed by atoms with van der Waals surface area (Å²) in [5.41, 5.74) is 14.5. The molecule has 25 heavy (non-hydrogen) atoms. The average Bonchev–Trinajstić information content (AvgIpc) is 3.21. The van der Waals surface area contributed by atoms with Crippen molar-refractivity contribution in [2.75, 3.05) is 11.5 Å². The molecule has 0 spiro atoms. The van der Waals surface area contributed by atoms with Crippen LogP contribution in [0, 0.1) is 0 Å². The zero-order valence-corrected chi connectivity index (χ0v) is 13.6. The van der Waals surface area contributed by atoms with E-state index >= 15 is 0 Å². The fraction of sp³-hybridized carbons (Fsp3) is 0.333. The molecule has 0 aliphatic carbocycles. The number of nitrogen functional groups attached to an aromatic ring is 2. The van der Waals surface area contributed by atoms with Crippen molar-refractivity contribution in [2.24, 2.45) is 0 Å². The Labute approximate surface area is 143 Å². The van der Waals surface area contributed by atoms with Gasteiger partial charge < -0.3 is 20.6 Å². The zero-order valence-electron chi connectivity index (χ0n) is 13.6. The van der Waals surface area contributed by atoms with Gasteiger partial charge in [-0.2, -0.15) is 0 Å². The second-order valence-corrected chi connectivity index (χ2v) is 5.80. The molecule has 4 heterocycles. The molecule has 4 aromatic heterocycles. The molecule has 0 aliphatic rings. The molecule has 4 aromatic rings. The van der Waals surface area contributed by atoms with E-state index in [0.717, 1.165) is 43.6 Å². The van der Waals surface area contributed by atoms with Crippen LogP contribution in [0.4, 0.5) is 11.6 Å². The summed E-state index contributed by atoms with van der Waals surface area (Å²) in [5, 5.41) is 0. The molecule has 0 fully saturated rings. The highest BCUT2D eigenvalue weighted by Gasteiger charge is 2.08. The number of imidazole rings is 2. The van der Waals surface area contributed by atoms with Crippen molar-refractivity contribution in [2.45, 2.75) is 32.4 Å². The van der Waals surface area contributed by atoms with Gasteiger partial charge in [-0.05, 0) is 19.3 Å². The molecule has 0 bridgehead atoms. The van der Waals surface area contributed by atoms with Gasteiger partial charge in [0, 0.05) is 13.1 Å². The lowest BCUT2D eigenvalue weighted by Gasteiger charge is -2.05. The van der Waals surface area contributed by atoms with E-state index in [1.54, 1.807) is 12.7 Å². The van der Waals surface area contributed by atoms with Crippen LogP contribution in [0.1, 0.15) is 19.3 Å². The van der Waals surface area contributed by atoms with Crippen molar-refractivity contribution in [3.05, 3.63) is 25.3 Å². The third kappa shape index (κ3) is 2.82. The lowest BCUT2D eigenvalue weighted by atomic mass is 10.2. The van der Waals surface area contributed by atoms with E-state index in [2.05, 4.69) is 29.9 Å². The lowest BCUT2D eigenvalue weighted by molar-refractivity contribution is 0.553. The van der Waals surface area contributed by atoms with Gasteiger partial charge in [0.15, 0.2) is 22.9 Å². The number of anilines is 2. The van der Waals surface area contributed by atoms with Gasteiger partial charge in [0.1, 0.15) is 23.7 Å². The molecule has 0 aliphatic heterocycles. The van der Waals surface area contributed by atoms with Crippen LogP contribution in [0.3, 0.4) is 0 Å². The summed E-state index contributed by atoms with van der Waals surface area (Å²) in [6.45, 7) is 1.68. The number of hydrogen-bond donors (Lipinski definition) is 2. The summed E-state index contributed by atoms with van der Waals surface area (Å²) in [5.74, 6) is 0.828. The number of rotatable bonds is 6. The highest BCUT2D eigenvalue weighted by Crippen LogP contribution is 2.16. The second-order valence-electron chi connectivity index (χ2n) is 5.80. The molecule has 128 valence electrons. The predicted octanol–water partition coefficient (Wildman–Crippen LogP) is 1.00. The normalized spacial score (nSPS) is 11.5. The lowest BCUT2D eigenvalue weighted by Crippen LogP contribution is -2.02. The molecule has 0 unspecified atom stereocenters. The first kappa shape index (κ1) is 15.2. The Morgan fingerprint density at radius 3 is 1.60 bits per heavy atom. The largest absolute Gasteiger partial charge is 0.382 e. The van der Waals surface area contributed by atoms with E-state index in [1.165, 1.54) is 12.7 Å². The van der Waals surface area contributed by atoms with Gasteiger partial charge >= 0.3 is 0 Å². The highest BCUT2D eigenvalue weighted by atomic mass is 15.1. The number of fused-ring (bicyclic) bond motifs is 2. The van der Waals surface area contributed by atoms with E-state index in [1.807, 2.05) is 9.13 Å². The first-order valence-corrected chi connectivity index (χ1v) is 8.06. The van der Waals surface area contributed by atoms with Crippen LogP contribution in [0.2, 0.25) is 0 Å². The fourth-order valence-electron chi connectivity index (χ4n) is 2.87. The number of nitrogens with two attached hydrogens (primary N) is 2.